The lowest BCUT2D eigenvalue weighted by molar-refractivity contribution is 0.584. The normalized spacial score (nSPS) is 12.1. The molecule has 9 rings (SSSR count). The highest BCUT2D eigenvalue weighted by molar-refractivity contribution is 6.10. The van der Waals surface area contributed by atoms with Crippen LogP contribution < -0.4 is 0 Å². The Labute approximate surface area is 329 Å². The monoisotopic (exact) mass is 727 g/mol. The Morgan fingerprint density at radius 1 is 0.393 bits per heavy atom. The highest BCUT2D eigenvalue weighted by Gasteiger charge is 2.21. The Morgan fingerprint density at radius 3 is 1.25 bits per heavy atom. The summed E-state index contributed by atoms with van der Waals surface area (Å²) in [4.78, 5) is 0. The number of hydrogen-bond acceptors (Lipinski definition) is 3. The first-order valence-corrected chi connectivity index (χ1v) is 19.4. The summed E-state index contributed by atoms with van der Waals surface area (Å²) in [5, 5.41) is 11.2. The Kier molecular flexibility index (Phi) is 8.58. The van der Waals surface area contributed by atoms with Crippen LogP contribution in [0.5, 0.6) is 0 Å². The molecule has 0 unspecified atom stereocenters. The molecule has 0 spiro atoms. The molecule has 2 heterocycles. The van der Waals surface area contributed by atoms with Crippen LogP contribution in [0.2, 0.25) is 0 Å². The molecule has 0 aliphatic carbocycles. The van der Waals surface area contributed by atoms with Gasteiger partial charge in [0.2, 0.25) is 11.8 Å². The topological polar surface area (TPSA) is 43.9 Å². The van der Waals surface area contributed by atoms with Gasteiger partial charge < -0.3 is 8.98 Å². The van der Waals surface area contributed by atoms with E-state index >= 15 is 0 Å². The molecule has 56 heavy (non-hydrogen) atoms. The largest absolute Gasteiger partial charge is 0.416 e. The fourth-order valence-corrected chi connectivity index (χ4v) is 7.79. The maximum Gasteiger partial charge on any atom is 0.248 e. The van der Waals surface area contributed by atoms with Gasteiger partial charge in [-0.3, -0.25) is 0 Å². The first kappa shape index (κ1) is 35.2. The van der Waals surface area contributed by atoms with Gasteiger partial charge in [0.25, 0.3) is 0 Å². The summed E-state index contributed by atoms with van der Waals surface area (Å²) in [6.45, 7) is 13.7. The van der Waals surface area contributed by atoms with Crippen molar-refractivity contribution in [2.45, 2.75) is 52.4 Å². The molecule has 0 saturated carbocycles. The average Bonchev–Trinajstić information content (AvgIpc) is 3.84. The lowest BCUT2D eigenvalue weighted by atomic mass is 9.85. The van der Waals surface area contributed by atoms with Gasteiger partial charge in [-0.05, 0) is 116 Å². The molecular formula is C52H45N3O. The van der Waals surface area contributed by atoms with Crippen LogP contribution in [0.3, 0.4) is 0 Å². The molecule has 4 heteroatoms. The molecular weight excluding hydrogens is 683 g/mol. The van der Waals surface area contributed by atoms with Gasteiger partial charge in [0, 0.05) is 27.6 Å². The second-order valence-electron chi connectivity index (χ2n) is 16.8. The number of fused-ring (bicyclic) bond motifs is 3. The van der Waals surface area contributed by atoms with E-state index in [1.165, 1.54) is 55.2 Å². The summed E-state index contributed by atoms with van der Waals surface area (Å²) in [6.07, 6.45) is 0. The zero-order valence-electron chi connectivity index (χ0n) is 32.8. The molecule has 0 amide bonds. The fraction of sp³-hybridized carbons (Fsp3) is 0.154. The van der Waals surface area contributed by atoms with E-state index in [1.807, 2.05) is 30.3 Å². The van der Waals surface area contributed by atoms with Crippen molar-refractivity contribution in [1.82, 2.24) is 14.8 Å². The summed E-state index contributed by atoms with van der Waals surface area (Å²) < 4.78 is 8.47. The summed E-state index contributed by atoms with van der Waals surface area (Å²) in [6, 6.07) is 58.7. The first-order chi connectivity index (χ1) is 27.0. The summed E-state index contributed by atoms with van der Waals surface area (Å²) in [7, 11) is 0. The van der Waals surface area contributed by atoms with E-state index in [4.69, 9.17) is 4.42 Å². The van der Waals surface area contributed by atoms with Crippen molar-refractivity contribution in [2.75, 3.05) is 0 Å². The third-order valence-electron chi connectivity index (χ3n) is 11.0. The smallest absolute Gasteiger partial charge is 0.248 e. The third-order valence-corrected chi connectivity index (χ3v) is 11.0. The lowest BCUT2D eigenvalue weighted by Crippen LogP contribution is -2.10. The molecule has 0 bridgehead atoms. The molecule has 4 nitrogen and oxygen atoms in total. The molecule has 0 atom stereocenters. The summed E-state index contributed by atoms with van der Waals surface area (Å²) in [5.74, 6) is 1.02. The number of aromatic nitrogens is 3. The number of rotatable bonds is 6. The van der Waals surface area contributed by atoms with Gasteiger partial charge in [-0.25, -0.2) is 0 Å². The van der Waals surface area contributed by atoms with Crippen molar-refractivity contribution in [3.8, 4) is 62.0 Å². The van der Waals surface area contributed by atoms with Gasteiger partial charge in [-0.2, -0.15) is 0 Å². The molecule has 0 aliphatic heterocycles. The summed E-state index contributed by atoms with van der Waals surface area (Å²) in [5.41, 5.74) is 15.2. The van der Waals surface area contributed by atoms with Gasteiger partial charge in [0.15, 0.2) is 0 Å². The maximum atomic E-state index is 6.04. The highest BCUT2D eigenvalue weighted by Crippen LogP contribution is 2.41. The molecule has 0 radical (unpaired) electrons. The van der Waals surface area contributed by atoms with E-state index < -0.39 is 0 Å². The molecule has 7 aromatic carbocycles. The molecule has 9 aromatic rings. The summed E-state index contributed by atoms with van der Waals surface area (Å²) >= 11 is 0. The van der Waals surface area contributed by atoms with E-state index in [0.29, 0.717) is 11.8 Å². The quantitative estimate of drug-likeness (QED) is 0.171. The Balaban J connectivity index is 1.08. The van der Waals surface area contributed by atoms with Crippen LogP contribution in [-0.4, -0.2) is 14.8 Å². The van der Waals surface area contributed by atoms with Gasteiger partial charge in [-0.15, -0.1) is 10.2 Å². The molecule has 0 aliphatic rings. The van der Waals surface area contributed by atoms with E-state index in [1.54, 1.807) is 0 Å². The zero-order valence-corrected chi connectivity index (χ0v) is 32.8. The van der Waals surface area contributed by atoms with Gasteiger partial charge in [-0.1, -0.05) is 145 Å². The molecule has 2 aromatic heterocycles. The Morgan fingerprint density at radius 2 is 0.786 bits per heavy atom. The third kappa shape index (κ3) is 6.41. The van der Waals surface area contributed by atoms with Crippen LogP contribution in [0.4, 0.5) is 0 Å². The Hall–Kier alpha value is -6.52. The SMILES string of the molecule is CC(C)(C)c1ccc2c(c1)c1cc(C(C)(C)C)ccc1n2-c1ccc(-c2ccccc2-c2ccccc2-c2ccc(-c3nnc(-c4ccccc4)o3)cc2)cc1. The van der Waals surface area contributed by atoms with E-state index in [0.717, 1.165) is 27.9 Å². The van der Waals surface area contributed by atoms with Crippen LogP contribution in [-0.2, 0) is 10.8 Å². The van der Waals surface area contributed by atoms with Crippen LogP contribution >= 0.6 is 0 Å². The number of benzene rings is 7. The van der Waals surface area contributed by atoms with Crippen LogP contribution in [0.1, 0.15) is 52.7 Å². The predicted molar refractivity (Wildman–Crippen MR) is 233 cm³/mol. The zero-order chi connectivity index (χ0) is 38.6. The highest BCUT2D eigenvalue weighted by atomic mass is 16.4. The molecule has 274 valence electrons. The molecule has 0 saturated heterocycles. The van der Waals surface area contributed by atoms with Gasteiger partial charge in [0.1, 0.15) is 0 Å². The number of hydrogen-bond donors (Lipinski definition) is 0. The van der Waals surface area contributed by atoms with Crippen molar-refractivity contribution < 1.29 is 4.42 Å². The van der Waals surface area contributed by atoms with Crippen molar-refractivity contribution in [2.24, 2.45) is 0 Å². The molecule has 0 N–H and O–H groups in total. The van der Waals surface area contributed by atoms with Crippen LogP contribution in [0, 0.1) is 0 Å². The average molecular weight is 728 g/mol. The maximum absolute atomic E-state index is 6.04. The minimum absolute atomic E-state index is 0.0592. The first-order valence-electron chi connectivity index (χ1n) is 19.4. The van der Waals surface area contributed by atoms with Crippen molar-refractivity contribution in [3.05, 3.63) is 175 Å². The Bertz CT molecular complexity index is 2770. The van der Waals surface area contributed by atoms with Crippen LogP contribution in [0.25, 0.3) is 83.8 Å². The molecule has 0 fully saturated rings. The van der Waals surface area contributed by atoms with E-state index in [-0.39, 0.29) is 10.8 Å². The van der Waals surface area contributed by atoms with Crippen molar-refractivity contribution >= 4 is 21.8 Å². The minimum Gasteiger partial charge on any atom is -0.416 e. The van der Waals surface area contributed by atoms with E-state index in [2.05, 4.69) is 190 Å². The standard InChI is InChI=1S/C52H45N3O/c1-51(2,3)38-26-30-47-45(32-38)46-33-39(52(4,5)6)27-31-48(46)55(47)40-28-24-35(25-29-40)42-17-11-13-19-44(42)43-18-12-10-16-41(43)34-20-22-37(23-21-34)50-54-53-49(56-50)36-14-8-7-9-15-36/h7-33H,1-6H3. The van der Waals surface area contributed by atoms with Crippen LogP contribution in [0.15, 0.2) is 168 Å². The predicted octanol–water partition coefficient (Wildman–Crippen LogP) is 14.1. The lowest BCUT2D eigenvalue weighted by Gasteiger charge is -2.19. The van der Waals surface area contributed by atoms with E-state index in [9.17, 15) is 0 Å². The van der Waals surface area contributed by atoms with Crippen molar-refractivity contribution in [1.29, 1.82) is 0 Å². The fourth-order valence-electron chi connectivity index (χ4n) is 7.79. The number of nitrogens with zero attached hydrogens (tertiary/aromatic N) is 3. The second-order valence-corrected chi connectivity index (χ2v) is 16.8. The van der Waals surface area contributed by atoms with Crippen molar-refractivity contribution in [3.63, 3.8) is 0 Å². The second kappa shape index (κ2) is 13.6. The van der Waals surface area contributed by atoms with Gasteiger partial charge >= 0.3 is 0 Å². The minimum atomic E-state index is 0.0592. The van der Waals surface area contributed by atoms with Gasteiger partial charge in [0.05, 0.1) is 11.0 Å².